The van der Waals surface area contributed by atoms with Crippen LogP contribution in [0, 0.1) is 21.4 Å². The van der Waals surface area contributed by atoms with Crippen molar-refractivity contribution in [3.63, 3.8) is 0 Å². The van der Waals surface area contributed by atoms with Crippen LogP contribution in [0.25, 0.3) is 0 Å². The van der Waals surface area contributed by atoms with E-state index < -0.39 is 4.92 Å². The van der Waals surface area contributed by atoms with Crippen molar-refractivity contribution in [2.75, 3.05) is 5.43 Å². The molecule has 0 aliphatic carbocycles. The summed E-state index contributed by atoms with van der Waals surface area (Å²) in [4.78, 5) is 14.0. The fraction of sp³-hybridized carbons (Fsp3) is 0.0500. The third kappa shape index (κ3) is 5.37. The molecule has 0 saturated carbocycles. The van der Waals surface area contributed by atoms with E-state index >= 15 is 0 Å². The van der Waals surface area contributed by atoms with Gasteiger partial charge in [0.25, 0.3) is 5.69 Å². The standard InChI is InChI=1S/C20H14BrN5O3/c21-18-9-14(11-24-25-20-8-6-17(12-23-20)26(27)28)5-7-19(18)29-13-16-4-2-1-3-15(16)10-22/h1-9,11-12H,13H2,(H,23,25). The minimum Gasteiger partial charge on any atom is -0.488 e. The van der Waals surface area contributed by atoms with Crippen LogP contribution in [0.1, 0.15) is 16.7 Å². The molecule has 8 nitrogen and oxygen atoms in total. The second kappa shape index (κ2) is 9.43. The van der Waals surface area contributed by atoms with Crippen molar-refractivity contribution in [3.8, 4) is 11.8 Å². The van der Waals surface area contributed by atoms with Crippen LogP contribution >= 0.6 is 15.9 Å². The zero-order valence-corrected chi connectivity index (χ0v) is 16.5. The Morgan fingerprint density at radius 3 is 2.79 bits per heavy atom. The summed E-state index contributed by atoms with van der Waals surface area (Å²) in [6, 6.07) is 17.7. The number of pyridine rings is 1. The maximum atomic E-state index is 10.6. The van der Waals surface area contributed by atoms with Crippen LogP contribution in [0.4, 0.5) is 11.5 Å². The van der Waals surface area contributed by atoms with Gasteiger partial charge in [0.05, 0.1) is 27.2 Å². The molecule has 0 bridgehead atoms. The van der Waals surface area contributed by atoms with Gasteiger partial charge in [-0.05, 0) is 51.8 Å². The number of halogens is 1. The number of nitro groups is 1. The van der Waals surface area contributed by atoms with Gasteiger partial charge in [0.15, 0.2) is 0 Å². The van der Waals surface area contributed by atoms with Crippen LogP contribution < -0.4 is 10.2 Å². The lowest BCUT2D eigenvalue weighted by atomic mass is 10.1. The normalized spacial score (nSPS) is 10.5. The van der Waals surface area contributed by atoms with Crippen LogP contribution in [-0.2, 0) is 6.61 Å². The van der Waals surface area contributed by atoms with Crippen molar-refractivity contribution in [2.45, 2.75) is 6.61 Å². The molecule has 9 heteroatoms. The minimum absolute atomic E-state index is 0.0866. The Kier molecular flexibility index (Phi) is 6.50. The summed E-state index contributed by atoms with van der Waals surface area (Å²) < 4.78 is 6.54. The molecule has 3 rings (SSSR count). The molecule has 29 heavy (non-hydrogen) atoms. The number of hydrogen-bond donors (Lipinski definition) is 1. The topological polar surface area (TPSA) is 113 Å². The van der Waals surface area contributed by atoms with Crippen LogP contribution in [0.5, 0.6) is 5.75 Å². The van der Waals surface area contributed by atoms with Crippen molar-refractivity contribution in [3.05, 3.63) is 92.1 Å². The summed E-state index contributed by atoms with van der Waals surface area (Å²) >= 11 is 3.47. The molecular weight excluding hydrogens is 438 g/mol. The lowest BCUT2D eigenvalue weighted by Crippen LogP contribution is -1.99. The number of hydrazone groups is 1. The molecule has 2 aromatic carbocycles. The minimum atomic E-state index is -0.514. The summed E-state index contributed by atoms with van der Waals surface area (Å²) in [7, 11) is 0. The molecule has 1 heterocycles. The highest BCUT2D eigenvalue weighted by Gasteiger charge is 2.06. The van der Waals surface area contributed by atoms with Crippen LogP contribution in [0.2, 0.25) is 0 Å². The van der Waals surface area contributed by atoms with E-state index in [1.165, 1.54) is 12.1 Å². The van der Waals surface area contributed by atoms with Gasteiger partial charge in [-0.25, -0.2) is 4.98 Å². The van der Waals surface area contributed by atoms with Gasteiger partial charge in [0.2, 0.25) is 0 Å². The Morgan fingerprint density at radius 2 is 2.10 bits per heavy atom. The lowest BCUT2D eigenvalue weighted by molar-refractivity contribution is -0.385. The Hall–Kier alpha value is -3.77. The first-order chi connectivity index (χ1) is 14.1. The maximum absolute atomic E-state index is 10.6. The first-order valence-corrected chi connectivity index (χ1v) is 9.16. The molecular formula is C20H14BrN5O3. The fourth-order valence-electron chi connectivity index (χ4n) is 2.36. The number of aromatic nitrogens is 1. The SMILES string of the molecule is N#Cc1ccccc1COc1ccc(C=NNc2ccc([N+](=O)[O-])cn2)cc1Br. The smallest absolute Gasteiger partial charge is 0.287 e. The number of benzene rings is 2. The lowest BCUT2D eigenvalue weighted by Gasteiger charge is -2.10. The van der Waals surface area contributed by atoms with Crippen LogP contribution in [0.15, 0.2) is 70.4 Å². The molecule has 1 aromatic heterocycles. The van der Waals surface area contributed by atoms with Crippen molar-refractivity contribution in [2.24, 2.45) is 5.10 Å². The second-order valence-corrected chi connectivity index (χ2v) is 6.63. The average molecular weight is 452 g/mol. The summed E-state index contributed by atoms with van der Waals surface area (Å²) in [6.45, 7) is 0.281. The molecule has 0 aliphatic heterocycles. The zero-order chi connectivity index (χ0) is 20.6. The van der Waals surface area contributed by atoms with E-state index in [2.05, 4.69) is 37.5 Å². The number of ether oxygens (including phenoxy) is 1. The molecule has 0 unspecified atom stereocenters. The average Bonchev–Trinajstić information content (AvgIpc) is 2.73. The number of anilines is 1. The Balaban J connectivity index is 1.61. The first kappa shape index (κ1) is 20.0. The molecule has 1 N–H and O–H groups in total. The number of nitrogens with zero attached hydrogens (tertiary/aromatic N) is 4. The monoisotopic (exact) mass is 451 g/mol. The molecule has 0 atom stereocenters. The fourth-order valence-corrected chi connectivity index (χ4v) is 2.87. The Morgan fingerprint density at radius 1 is 1.28 bits per heavy atom. The predicted octanol–water partition coefficient (Wildman–Crippen LogP) is 4.65. The molecule has 144 valence electrons. The summed E-state index contributed by atoms with van der Waals surface area (Å²) in [5.74, 6) is 1.03. The van der Waals surface area contributed by atoms with Crippen molar-refractivity contribution < 1.29 is 9.66 Å². The van der Waals surface area contributed by atoms with Crippen molar-refractivity contribution in [1.82, 2.24) is 4.98 Å². The zero-order valence-electron chi connectivity index (χ0n) is 14.9. The molecule has 0 aliphatic rings. The van der Waals surface area contributed by atoms with Crippen LogP contribution in [0.3, 0.4) is 0 Å². The molecule has 0 spiro atoms. The highest BCUT2D eigenvalue weighted by Crippen LogP contribution is 2.26. The maximum Gasteiger partial charge on any atom is 0.287 e. The molecule has 0 saturated heterocycles. The van der Waals surface area contributed by atoms with E-state index in [1.807, 2.05) is 30.3 Å². The van der Waals surface area contributed by atoms with Gasteiger partial charge in [-0.3, -0.25) is 15.5 Å². The molecule has 0 fully saturated rings. The van der Waals surface area contributed by atoms with Crippen molar-refractivity contribution >= 4 is 33.6 Å². The number of nitriles is 1. The van der Waals surface area contributed by atoms with E-state index in [-0.39, 0.29) is 12.3 Å². The highest BCUT2D eigenvalue weighted by atomic mass is 79.9. The number of rotatable bonds is 7. The van der Waals surface area contributed by atoms with Gasteiger partial charge < -0.3 is 4.74 Å². The van der Waals surface area contributed by atoms with Gasteiger partial charge in [0, 0.05) is 11.6 Å². The van der Waals surface area contributed by atoms with Gasteiger partial charge in [-0.1, -0.05) is 18.2 Å². The van der Waals surface area contributed by atoms with Gasteiger partial charge in [-0.15, -0.1) is 0 Å². The van der Waals surface area contributed by atoms with Gasteiger partial charge in [0.1, 0.15) is 24.4 Å². The van der Waals surface area contributed by atoms with E-state index in [0.717, 1.165) is 21.8 Å². The third-order valence-electron chi connectivity index (χ3n) is 3.83. The third-order valence-corrected chi connectivity index (χ3v) is 4.45. The summed E-state index contributed by atoms with van der Waals surface area (Å²) in [5, 5.41) is 23.8. The van der Waals surface area contributed by atoms with E-state index in [0.29, 0.717) is 17.1 Å². The van der Waals surface area contributed by atoms with E-state index in [9.17, 15) is 10.1 Å². The number of hydrogen-bond acceptors (Lipinski definition) is 7. The predicted molar refractivity (Wildman–Crippen MR) is 112 cm³/mol. The first-order valence-electron chi connectivity index (χ1n) is 8.36. The molecule has 0 radical (unpaired) electrons. The largest absolute Gasteiger partial charge is 0.488 e. The summed E-state index contributed by atoms with van der Waals surface area (Å²) in [5.41, 5.74) is 4.82. The number of nitrogens with one attached hydrogen (secondary N) is 1. The highest BCUT2D eigenvalue weighted by molar-refractivity contribution is 9.10. The van der Waals surface area contributed by atoms with E-state index in [4.69, 9.17) is 10.00 Å². The Bertz CT molecular complexity index is 1090. The van der Waals surface area contributed by atoms with Crippen molar-refractivity contribution in [1.29, 1.82) is 5.26 Å². The molecule has 0 amide bonds. The van der Waals surface area contributed by atoms with E-state index in [1.54, 1.807) is 18.3 Å². The van der Waals surface area contributed by atoms with Crippen LogP contribution in [-0.4, -0.2) is 16.1 Å². The molecule has 3 aromatic rings. The van der Waals surface area contributed by atoms with Gasteiger partial charge in [-0.2, -0.15) is 10.4 Å². The summed E-state index contributed by atoms with van der Waals surface area (Å²) in [6.07, 6.45) is 2.74. The Labute approximate surface area is 174 Å². The second-order valence-electron chi connectivity index (χ2n) is 5.78. The van der Waals surface area contributed by atoms with Gasteiger partial charge >= 0.3 is 0 Å². The quantitative estimate of drug-likeness (QED) is 0.317.